The molecule has 0 amide bonds. The third kappa shape index (κ3) is 7.56. The first kappa shape index (κ1) is 24.1. The van der Waals surface area contributed by atoms with Crippen LogP contribution in [0.25, 0.3) is 0 Å². The lowest BCUT2D eigenvalue weighted by molar-refractivity contribution is -0.114. The van der Waals surface area contributed by atoms with Crippen LogP contribution in [0.15, 0.2) is 60.7 Å². The highest BCUT2D eigenvalue weighted by molar-refractivity contribution is 5.72. The molecule has 1 heteroatoms. The Labute approximate surface area is 161 Å². The van der Waals surface area contributed by atoms with Crippen molar-refractivity contribution in [1.29, 1.82) is 0 Å². The Kier molecular flexibility index (Phi) is 13.3. The second-order valence-corrected chi connectivity index (χ2v) is 6.28. The van der Waals surface area contributed by atoms with Gasteiger partial charge in [0, 0.05) is 5.41 Å². The zero-order valence-electron chi connectivity index (χ0n) is 17.7. The van der Waals surface area contributed by atoms with E-state index in [0.29, 0.717) is 0 Å². The fourth-order valence-corrected chi connectivity index (χ4v) is 3.41. The molecule has 0 bridgehead atoms. The van der Waals surface area contributed by atoms with Crippen molar-refractivity contribution in [2.24, 2.45) is 0 Å². The molecule has 1 aliphatic carbocycles. The molecule has 1 saturated carbocycles. The highest BCUT2D eigenvalue weighted by atomic mass is 16.1. The Morgan fingerprint density at radius 1 is 0.654 bits per heavy atom. The largest absolute Gasteiger partial charge is 0.300 e. The van der Waals surface area contributed by atoms with Crippen LogP contribution in [-0.2, 0) is 10.2 Å². The molecule has 0 atom stereocenters. The number of carbonyl (C=O) groups is 1. The van der Waals surface area contributed by atoms with E-state index in [2.05, 4.69) is 60.7 Å². The lowest BCUT2D eigenvalue weighted by Crippen LogP contribution is -2.30. The van der Waals surface area contributed by atoms with Gasteiger partial charge >= 0.3 is 0 Å². The molecule has 1 fully saturated rings. The van der Waals surface area contributed by atoms with Gasteiger partial charge in [-0.3, -0.25) is 0 Å². The Bertz CT molecular complexity index is 520. The van der Waals surface area contributed by atoms with Crippen LogP contribution in [0, 0.1) is 0 Å². The summed E-state index contributed by atoms with van der Waals surface area (Å²) in [6.45, 7) is 11.1. The van der Waals surface area contributed by atoms with E-state index in [4.69, 9.17) is 0 Å². The first-order valence-corrected chi connectivity index (χ1v) is 10.2. The van der Waals surface area contributed by atoms with Gasteiger partial charge in [-0.2, -0.15) is 0 Å². The molecule has 0 N–H and O–H groups in total. The third-order valence-electron chi connectivity index (χ3n) is 4.36. The van der Waals surface area contributed by atoms with Gasteiger partial charge in [-0.1, -0.05) is 108 Å². The molecular weight excluding hydrogens is 316 g/mol. The maximum Gasteiger partial charge on any atom is 0.126 e. The molecule has 0 saturated heterocycles. The van der Waals surface area contributed by atoms with Crippen LogP contribution in [0.2, 0.25) is 0 Å². The first-order valence-electron chi connectivity index (χ1n) is 10.2. The van der Waals surface area contributed by atoms with Gasteiger partial charge in [-0.15, -0.1) is 0 Å². The van der Waals surface area contributed by atoms with Crippen molar-refractivity contribution in [2.75, 3.05) is 0 Å². The highest BCUT2D eigenvalue weighted by Crippen LogP contribution is 2.44. The zero-order chi connectivity index (χ0) is 19.8. The average molecular weight is 355 g/mol. The van der Waals surface area contributed by atoms with E-state index < -0.39 is 0 Å². The number of carbonyl (C=O) groups excluding carboxylic acids is 1. The van der Waals surface area contributed by atoms with E-state index in [9.17, 15) is 4.79 Å². The molecule has 2 aromatic carbocycles. The third-order valence-corrected chi connectivity index (χ3v) is 4.36. The predicted molar refractivity (Wildman–Crippen MR) is 116 cm³/mol. The molecule has 26 heavy (non-hydrogen) atoms. The summed E-state index contributed by atoms with van der Waals surface area (Å²) in [5.41, 5.74) is 3.26. The summed E-state index contributed by atoms with van der Waals surface area (Å²) in [7, 11) is 0. The Morgan fingerprint density at radius 3 is 1.27 bits per heavy atom. The maximum absolute atomic E-state index is 9.44. The van der Waals surface area contributed by atoms with Gasteiger partial charge < -0.3 is 4.79 Å². The smallest absolute Gasteiger partial charge is 0.126 e. The van der Waals surface area contributed by atoms with Gasteiger partial charge in [0.2, 0.25) is 0 Å². The Balaban J connectivity index is 0.000000680. The highest BCUT2D eigenvalue weighted by Gasteiger charge is 2.35. The molecule has 3 rings (SSSR count). The van der Waals surface area contributed by atoms with Crippen LogP contribution < -0.4 is 0 Å². The molecule has 1 nitrogen and oxygen atoms in total. The SMILES string of the molecule is CC.CC.CC(C)=O.c1ccc(C2(c3ccccc3)CCCCC2)cc1. The van der Waals surface area contributed by atoms with Crippen molar-refractivity contribution in [3.8, 4) is 0 Å². The van der Waals surface area contributed by atoms with E-state index in [1.807, 2.05) is 27.7 Å². The molecule has 0 radical (unpaired) electrons. The normalized spacial score (nSPS) is 14.2. The standard InChI is InChI=1S/C18H20.C3H6O.2C2H6/c1-4-10-16(11-5-1)18(14-8-3-9-15-18)17-12-6-2-7-13-17;1-3(2)4;2*1-2/h1-2,4-7,10-13H,3,8-9,14-15H2;1-2H3;2*1-2H3. The van der Waals surface area contributed by atoms with Crippen LogP contribution in [-0.4, -0.2) is 5.78 Å². The molecule has 1 aliphatic rings. The van der Waals surface area contributed by atoms with Gasteiger partial charge in [0.25, 0.3) is 0 Å². The van der Waals surface area contributed by atoms with Gasteiger partial charge in [0.1, 0.15) is 5.78 Å². The quantitative estimate of drug-likeness (QED) is 0.543. The molecule has 0 heterocycles. The van der Waals surface area contributed by atoms with E-state index in [1.54, 1.807) is 0 Å². The minimum absolute atomic E-state index is 0.167. The van der Waals surface area contributed by atoms with Crippen molar-refractivity contribution in [3.05, 3.63) is 71.8 Å². The van der Waals surface area contributed by atoms with Gasteiger partial charge in [0.15, 0.2) is 0 Å². The molecule has 0 aromatic heterocycles. The molecular formula is C25H38O. The first-order chi connectivity index (χ1) is 12.6. The number of ketones is 1. The molecule has 144 valence electrons. The number of hydrogen-bond acceptors (Lipinski definition) is 1. The molecule has 0 aliphatic heterocycles. The summed E-state index contributed by atoms with van der Waals surface area (Å²) in [6, 6.07) is 22.1. The lowest BCUT2D eigenvalue weighted by Gasteiger charge is -2.38. The van der Waals surface area contributed by atoms with Crippen molar-refractivity contribution in [2.45, 2.75) is 79.1 Å². The summed E-state index contributed by atoms with van der Waals surface area (Å²) in [5, 5.41) is 0. The number of benzene rings is 2. The summed E-state index contributed by atoms with van der Waals surface area (Å²) >= 11 is 0. The van der Waals surface area contributed by atoms with Gasteiger partial charge in [-0.05, 0) is 37.8 Å². The summed E-state index contributed by atoms with van der Waals surface area (Å²) in [5.74, 6) is 0.167. The summed E-state index contributed by atoms with van der Waals surface area (Å²) in [6.07, 6.45) is 6.68. The molecule has 2 aromatic rings. The number of Topliss-reactive ketones (excluding diaryl/α,β-unsaturated/α-hetero) is 1. The van der Waals surface area contributed by atoms with E-state index >= 15 is 0 Å². The van der Waals surface area contributed by atoms with Crippen molar-refractivity contribution in [1.82, 2.24) is 0 Å². The fourth-order valence-electron chi connectivity index (χ4n) is 3.41. The van der Waals surface area contributed by atoms with E-state index in [1.165, 1.54) is 57.1 Å². The summed E-state index contributed by atoms with van der Waals surface area (Å²) in [4.78, 5) is 9.44. The maximum atomic E-state index is 9.44. The van der Waals surface area contributed by atoms with Crippen molar-refractivity contribution >= 4 is 5.78 Å². The Hall–Kier alpha value is -1.89. The van der Waals surface area contributed by atoms with E-state index in [-0.39, 0.29) is 11.2 Å². The van der Waals surface area contributed by atoms with Crippen LogP contribution in [0.3, 0.4) is 0 Å². The number of rotatable bonds is 2. The predicted octanol–water partition coefficient (Wildman–Crippen LogP) is 7.58. The topological polar surface area (TPSA) is 17.1 Å². The zero-order valence-corrected chi connectivity index (χ0v) is 17.7. The minimum atomic E-state index is 0.167. The average Bonchev–Trinajstić information content (AvgIpc) is 2.72. The summed E-state index contributed by atoms with van der Waals surface area (Å²) < 4.78 is 0. The number of hydrogen-bond donors (Lipinski definition) is 0. The Morgan fingerprint density at radius 2 is 0.962 bits per heavy atom. The van der Waals surface area contributed by atoms with Gasteiger partial charge in [-0.25, -0.2) is 0 Å². The van der Waals surface area contributed by atoms with Crippen molar-refractivity contribution in [3.63, 3.8) is 0 Å². The lowest BCUT2D eigenvalue weighted by atomic mass is 9.65. The second kappa shape index (κ2) is 14.3. The second-order valence-electron chi connectivity index (χ2n) is 6.28. The van der Waals surface area contributed by atoms with Crippen LogP contribution in [0.1, 0.15) is 84.8 Å². The monoisotopic (exact) mass is 354 g/mol. The van der Waals surface area contributed by atoms with Crippen LogP contribution in [0.4, 0.5) is 0 Å². The van der Waals surface area contributed by atoms with Crippen molar-refractivity contribution < 1.29 is 4.79 Å². The molecule has 0 spiro atoms. The minimum Gasteiger partial charge on any atom is -0.300 e. The van der Waals surface area contributed by atoms with Crippen LogP contribution >= 0.6 is 0 Å². The van der Waals surface area contributed by atoms with Gasteiger partial charge in [0.05, 0.1) is 0 Å². The molecule has 0 unspecified atom stereocenters. The fraction of sp³-hybridized carbons (Fsp3) is 0.480. The van der Waals surface area contributed by atoms with E-state index in [0.717, 1.165) is 0 Å². The van der Waals surface area contributed by atoms with Crippen LogP contribution in [0.5, 0.6) is 0 Å².